The van der Waals surface area contributed by atoms with E-state index in [1.165, 1.54) is 0 Å². The predicted molar refractivity (Wildman–Crippen MR) is 117 cm³/mol. The Morgan fingerprint density at radius 1 is 0.871 bits per heavy atom. The number of hydrogen-bond donors (Lipinski definition) is 0. The Morgan fingerprint density at radius 2 is 1.65 bits per heavy atom. The molecule has 1 saturated heterocycles. The van der Waals surface area contributed by atoms with Gasteiger partial charge in [0.1, 0.15) is 11.5 Å². The van der Waals surface area contributed by atoms with Crippen LogP contribution in [0.1, 0.15) is 11.3 Å². The Morgan fingerprint density at radius 3 is 2.35 bits per heavy atom. The van der Waals surface area contributed by atoms with Gasteiger partial charge < -0.3 is 14.4 Å². The van der Waals surface area contributed by atoms with Crippen molar-refractivity contribution in [2.45, 2.75) is 13.0 Å². The SMILES string of the molecule is O=C(Oc1ccc(CCOc2ccncc2)cc1)N1CCN(Cc2ccccn2)CC1. The number of hydrogen-bond acceptors (Lipinski definition) is 6. The predicted octanol–water partition coefficient (Wildman–Crippen LogP) is 3.41. The molecule has 31 heavy (non-hydrogen) atoms. The van der Waals surface area contributed by atoms with E-state index in [0.29, 0.717) is 25.4 Å². The average molecular weight is 418 g/mol. The molecule has 0 aliphatic carbocycles. The summed E-state index contributed by atoms with van der Waals surface area (Å²) in [5.74, 6) is 1.36. The van der Waals surface area contributed by atoms with Gasteiger partial charge in [0, 0.05) is 57.7 Å². The fraction of sp³-hybridized carbons (Fsp3) is 0.292. The Kier molecular flexibility index (Phi) is 7.08. The van der Waals surface area contributed by atoms with Gasteiger partial charge in [0.15, 0.2) is 0 Å². The van der Waals surface area contributed by atoms with Crippen molar-refractivity contribution in [1.29, 1.82) is 0 Å². The van der Waals surface area contributed by atoms with Crippen LogP contribution in [0, 0.1) is 0 Å². The normalized spacial score (nSPS) is 14.3. The van der Waals surface area contributed by atoms with E-state index in [1.807, 2.05) is 60.8 Å². The topological polar surface area (TPSA) is 67.8 Å². The van der Waals surface area contributed by atoms with Crippen LogP contribution in [0.4, 0.5) is 4.79 Å². The zero-order valence-electron chi connectivity index (χ0n) is 17.4. The minimum Gasteiger partial charge on any atom is -0.493 e. The highest BCUT2D eigenvalue weighted by molar-refractivity contribution is 5.70. The van der Waals surface area contributed by atoms with Crippen LogP contribution in [0.3, 0.4) is 0 Å². The second kappa shape index (κ2) is 10.5. The van der Waals surface area contributed by atoms with Crippen molar-refractivity contribution < 1.29 is 14.3 Å². The van der Waals surface area contributed by atoms with Gasteiger partial charge in [-0.15, -0.1) is 0 Å². The second-order valence-electron chi connectivity index (χ2n) is 7.38. The highest BCUT2D eigenvalue weighted by atomic mass is 16.6. The lowest BCUT2D eigenvalue weighted by Crippen LogP contribution is -2.49. The number of amides is 1. The summed E-state index contributed by atoms with van der Waals surface area (Å²) < 4.78 is 11.2. The summed E-state index contributed by atoms with van der Waals surface area (Å²) in [5.41, 5.74) is 2.17. The molecule has 4 rings (SSSR count). The monoisotopic (exact) mass is 418 g/mol. The van der Waals surface area contributed by atoms with Gasteiger partial charge in [-0.2, -0.15) is 0 Å². The molecule has 0 unspecified atom stereocenters. The maximum atomic E-state index is 12.5. The van der Waals surface area contributed by atoms with Crippen molar-refractivity contribution in [3.63, 3.8) is 0 Å². The van der Waals surface area contributed by atoms with Crippen molar-refractivity contribution in [2.24, 2.45) is 0 Å². The van der Waals surface area contributed by atoms with Crippen LogP contribution < -0.4 is 9.47 Å². The molecule has 3 aromatic rings. The fourth-order valence-electron chi connectivity index (χ4n) is 3.42. The van der Waals surface area contributed by atoms with Gasteiger partial charge in [-0.3, -0.25) is 14.9 Å². The summed E-state index contributed by atoms with van der Waals surface area (Å²) in [5, 5.41) is 0. The molecule has 2 aromatic heterocycles. The number of pyridine rings is 2. The molecule has 1 aliphatic rings. The van der Waals surface area contributed by atoms with E-state index in [-0.39, 0.29) is 6.09 Å². The van der Waals surface area contributed by atoms with Crippen molar-refractivity contribution >= 4 is 6.09 Å². The fourth-order valence-corrected chi connectivity index (χ4v) is 3.42. The number of aromatic nitrogens is 2. The molecule has 1 aromatic carbocycles. The van der Waals surface area contributed by atoms with Crippen LogP contribution in [-0.4, -0.2) is 58.6 Å². The van der Waals surface area contributed by atoms with Gasteiger partial charge in [0.25, 0.3) is 0 Å². The van der Waals surface area contributed by atoms with Gasteiger partial charge in [0.2, 0.25) is 0 Å². The van der Waals surface area contributed by atoms with E-state index in [9.17, 15) is 4.79 Å². The third-order valence-electron chi connectivity index (χ3n) is 5.18. The molecule has 7 heteroatoms. The van der Waals surface area contributed by atoms with Crippen LogP contribution in [0.15, 0.2) is 73.2 Å². The summed E-state index contributed by atoms with van der Waals surface area (Å²) in [4.78, 5) is 24.9. The van der Waals surface area contributed by atoms with Crippen molar-refractivity contribution in [2.75, 3.05) is 32.8 Å². The highest BCUT2D eigenvalue weighted by Crippen LogP contribution is 2.16. The second-order valence-corrected chi connectivity index (χ2v) is 7.38. The molecule has 0 spiro atoms. The first-order valence-electron chi connectivity index (χ1n) is 10.5. The van der Waals surface area contributed by atoms with E-state index >= 15 is 0 Å². The van der Waals surface area contributed by atoms with E-state index in [0.717, 1.165) is 43.1 Å². The number of carbonyl (C=O) groups is 1. The van der Waals surface area contributed by atoms with Crippen LogP contribution in [-0.2, 0) is 13.0 Å². The number of ether oxygens (including phenoxy) is 2. The lowest BCUT2D eigenvalue weighted by atomic mass is 10.1. The number of benzene rings is 1. The van der Waals surface area contributed by atoms with Crippen molar-refractivity contribution in [3.8, 4) is 11.5 Å². The molecular formula is C24H26N4O3. The molecule has 160 valence electrons. The third-order valence-corrected chi connectivity index (χ3v) is 5.18. The van der Waals surface area contributed by atoms with Crippen molar-refractivity contribution in [1.82, 2.24) is 19.8 Å². The van der Waals surface area contributed by atoms with E-state index in [1.54, 1.807) is 17.3 Å². The van der Waals surface area contributed by atoms with Gasteiger partial charge in [-0.1, -0.05) is 18.2 Å². The highest BCUT2D eigenvalue weighted by Gasteiger charge is 2.22. The average Bonchev–Trinajstić information content (AvgIpc) is 2.82. The smallest absolute Gasteiger partial charge is 0.415 e. The molecule has 7 nitrogen and oxygen atoms in total. The van der Waals surface area contributed by atoms with Gasteiger partial charge in [-0.25, -0.2) is 4.79 Å². The molecule has 0 saturated carbocycles. The van der Waals surface area contributed by atoms with Crippen LogP contribution in [0.2, 0.25) is 0 Å². The molecule has 0 N–H and O–H groups in total. The van der Waals surface area contributed by atoms with E-state index < -0.39 is 0 Å². The Hall–Kier alpha value is -3.45. The van der Waals surface area contributed by atoms with E-state index in [2.05, 4.69) is 14.9 Å². The Balaban J connectivity index is 1.19. The van der Waals surface area contributed by atoms with Crippen molar-refractivity contribution in [3.05, 3.63) is 84.4 Å². The first-order valence-corrected chi connectivity index (χ1v) is 10.5. The summed E-state index contributed by atoms with van der Waals surface area (Å²) in [7, 11) is 0. The zero-order chi connectivity index (χ0) is 21.3. The van der Waals surface area contributed by atoms with E-state index in [4.69, 9.17) is 9.47 Å². The summed E-state index contributed by atoms with van der Waals surface area (Å²) in [6, 6.07) is 17.2. The van der Waals surface area contributed by atoms with Gasteiger partial charge >= 0.3 is 6.09 Å². The number of piperazine rings is 1. The Bertz CT molecular complexity index is 944. The molecular weight excluding hydrogens is 392 g/mol. The largest absolute Gasteiger partial charge is 0.493 e. The molecule has 0 radical (unpaired) electrons. The molecule has 1 aliphatic heterocycles. The first kappa shape index (κ1) is 20.8. The van der Waals surface area contributed by atoms with Crippen LogP contribution >= 0.6 is 0 Å². The maximum absolute atomic E-state index is 12.5. The van der Waals surface area contributed by atoms with Crippen LogP contribution in [0.25, 0.3) is 0 Å². The lowest BCUT2D eigenvalue weighted by Gasteiger charge is -2.33. The third kappa shape index (κ3) is 6.26. The molecule has 0 bridgehead atoms. The number of rotatable bonds is 7. The van der Waals surface area contributed by atoms with Gasteiger partial charge in [0.05, 0.1) is 12.3 Å². The molecule has 1 fully saturated rings. The maximum Gasteiger partial charge on any atom is 0.415 e. The molecule has 0 atom stereocenters. The first-order chi connectivity index (χ1) is 15.3. The Labute approximate surface area is 182 Å². The standard InChI is InChI=1S/C24H26N4O3/c29-24(28-16-14-27(15-17-28)19-21-3-1-2-11-26-21)31-23-6-4-20(5-7-23)10-18-30-22-8-12-25-13-9-22/h1-9,11-13H,10,14-19H2. The molecule has 3 heterocycles. The minimum absolute atomic E-state index is 0.300. The minimum atomic E-state index is -0.300. The van der Waals surface area contributed by atoms with Crippen LogP contribution in [0.5, 0.6) is 11.5 Å². The zero-order valence-corrected chi connectivity index (χ0v) is 17.4. The summed E-state index contributed by atoms with van der Waals surface area (Å²) >= 11 is 0. The van der Waals surface area contributed by atoms with Gasteiger partial charge in [-0.05, 0) is 42.0 Å². The summed E-state index contributed by atoms with van der Waals surface area (Å²) in [6.45, 7) is 4.29. The summed E-state index contributed by atoms with van der Waals surface area (Å²) in [6.07, 6.45) is 5.69. The number of carbonyl (C=O) groups excluding carboxylic acids is 1. The quantitative estimate of drug-likeness (QED) is 0.586. The lowest BCUT2D eigenvalue weighted by molar-refractivity contribution is 0.107. The number of nitrogens with zero attached hydrogens (tertiary/aromatic N) is 4. The molecule has 1 amide bonds.